The van der Waals surface area contributed by atoms with Crippen LogP contribution < -0.4 is 0 Å². The molecule has 0 radical (unpaired) electrons. The quantitative estimate of drug-likeness (QED) is 0.605. The van der Waals surface area contributed by atoms with Gasteiger partial charge in [-0.3, -0.25) is 0 Å². The summed E-state index contributed by atoms with van der Waals surface area (Å²) in [5.41, 5.74) is 2.99. The molecule has 0 heterocycles. The van der Waals surface area contributed by atoms with Crippen molar-refractivity contribution in [2.45, 2.75) is 58.3 Å². The smallest absolute Gasteiger partial charge is 0.0162 e. The molecule has 0 saturated heterocycles. The van der Waals surface area contributed by atoms with E-state index in [1.807, 2.05) is 0 Å². The number of rotatable bonds is 2. The summed E-state index contributed by atoms with van der Waals surface area (Å²) < 4.78 is 0. The Hall–Kier alpha value is -0.780. The lowest BCUT2D eigenvalue weighted by atomic mass is 9.90. The average Bonchev–Trinajstić information content (AvgIpc) is 2.54. The molecule has 1 aliphatic rings. The molecule has 0 bridgehead atoms. The third kappa shape index (κ3) is 2.87. The van der Waals surface area contributed by atoms with Gasteiger partial charge in [0, 0.05) is 0 Å². The van der Waals surface area contributed by atoms with Crippen molar-refractivity contribution in [2.24, 2.45) is 5.92 Å². The van der Waals surface area contributed by atoms with E-state index >= 15 is 0 Å². The molecule has 88 valence electrons. The molecule has 0 nitrogen and oxygen atoms in total. The van der Waals surface area contributed by atoms with Crippen molar-refractivity contribution in [3.8, 4) is 0 Å². The maximum Gasteiger partial charge on any atom is -0.0162 e. The van der Waals surface area contributed by atoms with Gasteiger partial charge in [-0.05, 0) is 43.6 Å². The highest BCUT2D eigenvalue weighted by atomic mass is 14.2. The molecule has 1 aliphatic carbocycles. The van der Waals surface area contributed by atoms with E-state index in [1.165, 1.54) is 44.1 Å². The van der Waals surface area contributed by atoms with Crippen LogP contribution >= 0.6 is 0 Å². The molecule has 1 aromatic rings. The van der Waals surface area contributed by atoms with Crippen molar-refractivity contribution in [3.05, 3.63) is 35.4 Å². The van der Waals surface area contributed by atoms with Crippen LogP contribution in [0.2, 0.25) is 0 Å². The van der Waals surface area contributed by atoms with Crippen LogP contribution in [-0.4, -0.2) is 0 Å². The predicted molar refractivity (Wildman–Crippen MR) is 70.8 cm³/mol. The van der Waals surface area contributed by atoms with Crippen LogP contribution in [0.15, 0.2) is 24.3 Å². The van der Waals surface area contributed by atoms with Gasteiger partial charge in [-0.15, -0.1) is 0 Å². The number of hydrogen-bond acceptors (Lipinski definition) is 0. The molecule has 0 spiro atoms. The molecule has 1 fully saturated rings. The van der Waals surface area contributed by atoms with Crippen LogP contribution in [0.5, 0.6) is 0 Å². The zero-order valence-corrected chi connectivity index (χ0v) is 10.7. The van der Waals surface area contributed by atoms with Gasteiger partial charge in [0.25, 0.3) is 0 Å². The Kier molecular flexibility index (Phi) is 4.04. The van der Waals surface area contributed by atoms with Gasteiger partial charge in [-0.1, -0.05) is 56.0 Å². The molecule has 2 unspecified atom stereocenters. The van der Waals surface area contributed by atoms with Crippen LogP contribution in [0.25, 0.3) is 0 Å². The van der Waals surface area contributed by atoms with Gasteiger partial charge in [0.1, 0.15) is 0 Å². The minimum atomic E-state index is 0.830. The van der Waals surface area contributed by atoms with E-state index in [9.17, 15) is 0 Å². The second-order valence-electron chi connectivity index (χ2n) is 5.39. The maximum absolute atomic E-state index is 2.39. The topological polar surface area (TPSA) is 0 Å². The summed E-state index contributed by atoms with van der Waals surface area (Å²) in [4.78, 5) is 0. The normalized spacial score (nSPS) is 26.4. The van der Waals surface area contributed by atoms with E-state index in [0.717, 1.165) is 11.8 Å². The largest absolute Gasteiger partial charge is 0.0651 e. The SMILES string of the molecule is CCC1CCCC(c2cccc(C)c2)CC1. The van der Waals surface area contributed by atoms with Crippen LogP contribution in [0, 0.1) is 12.8 Å². The van der Waals surface area contributed by atoms with E-state index in [4.69, 9.17) is 0 Å². The Labute approximate surface area is 100 Å². The lowest BCUT2D eigenvalue weighted by Crippen LogP contribution is -1.99. The van der Waals surface area contributed by atoms with E-state index in [0.29, 0.717) is 0 Å². The third-order valence-corrected chi connectivity index (χ3v) is 4.18. The van der Waals surface area contributed by atoms with Crippen LogP contribution in [0.3, 0.4) is 0 Å². The fourth-order valence-electron chi connectivity index (χ4n) is 3.04. The lowest BCUT2D eigenvalue weighted by Gasteiger charge is -2.15. The third-order valence-electron chi connectivity index (χ3n) is 4.18. The minimum absolute atomic E-state index is 0.830. The summed E-state index contributed by atoms with van der Waals surface area (Å²) in [5.74, 6) is 1.83. The van der Waals surface area contributed by atoms with Crippen molar-refractivity contribution in [1.29, 1.82) is 0 Å². The molecule has 0 N–H and O–H groups in total. The molecule has 0 aromatic heterocycles. The standard InChI is InChI=1S/C16H24/c1-3-14-7-5-8-15(11-10-14)16-9-4-6-13(2)12-16/h4,6,9,12,14-15H,3,5,7-8,10-11H2,1-2H3. The highest BCUT2D eigenvalue weighted by Crippen LogP contribution is 2.35. The summed E-state index contributed by atoms with van der Waals surface area (Å²) >= 11 is 0. The van der Waals surface area contributed by atoms with Gasteiger partial charge in [0.05, 0.1) is 0 Å². The van der Waals surface area contributed by atoms with Crippen molar-refractivity contribution >= 4 is 0 Å². The van der Waals surface area contributed by atoms with Crippen molar-refractivity contribution in [2.75, 3.05) is 0 Å². The zero-order chi connectivity index (χ0) is 11.4. The van der Waals surface area contributed by atoms with E-state index in [1.54, 1.807) is 5.56 Å². The molecule has 1 aromatic carbocycles. The minimum Gasteiger partial charge on any atom is -0.0651 e. The van der Waals surface area contributed by atoms with Crippen LogP contribution in [0.1, 0.15) is 62.5 Å². The van der Waals surface area contributed by atoms with Gasteiger partial charge < -0.3 is 0 Å². The van der Waals surface area contributed by atoms with Crippen molar-refractivity contribution < 1.29 is 0 Å². The Morgan fingerprint density at radius 3 is 2.75 bits per heavy atom. The fourth-order valence-corrected chi connectivity index (χ4v) is 3.04. The van der Waals surface area contributed by atoms with Gasteiger partial charge in [0.15, 0.2) is 0 Å². The van der Waals surface area contributed by atoms with Crippen molar-refractivity contribution in [3.63, 3.8) is 0 Å². The maximum atomic E-state index is 2.39. The van der Waals surface area contributed by atoms with Crippen molar-refractivity contribution in [1.82, 2.24) is 0 Å². The Morgan fingerprint density at radius 2 is 2.00 bits per heavy atom. The van der Waals surface area contributed by atoms with Gasteiger partial charge >= 0.3 is 0 Å². The van der Waals surface area contributed by atoms with Gasteiger partial charge in [0.2, 0.25) is 0 Å². The molecule has 0 aliphatic heterocycles. The summed E-state index contributed by atoms with van der Waals surface area (Å²) in [7, 11) is 0. The van der Waals surface area contributed by atoms with Gasteiger partial charge in [-0.2, -0.15) is 0 Å². The Morgan fingerprint density at radius 1 is 1.12 bits per heavy atom. The molecule has 0 heteroatoms. The number of hydrogen-bond donors (Lipinski definition) is 0. The highest BCUT2D eigenvalue weighted by Gasteiger charge is 2.18. The van der Waals surface area contributed by atoms with Crippen LogP contribution in [0.4, 0.5) is 0 Å². The zero-order valence-electron chi connectivity index (χ0n) is 10.7. The first kappa shape index (κ1) is 11.7. The summed E-state index contributed by atoms with van der Waals surface area (Å²) in [5, 5.41) is 0. The summed E-state index contributed by atoms with van der Waals surface area (Å²) in [6, 6.07) is 9.13. The Balaban J connectivity index is 2.04. The molecule has 2 rings (SSSR count). The summed E-state index contributed by atoms with van der Waals surface area (Å²) in [6.07, 6.45) is 8.51. The van der Waals surface area contributed by atoms with E-state index < -0.39 is 0 Å². The predicted octanol–water partition coefficient (Wildman–Crippen LogP) is 5.07. The number of benzene rings is 1. The number of aryl methyl sites for hydroxylation is 1. The fraction of sp³-hybridized carbons (Fsp3) is 0.625. The molecule has 2 atom stereocenters. The molecular weight excluding hydrogens is 192 g/mol. The second kappa shape index (κ2) is 5.52. The first-order valence-electron chi connectivity index (χ1n) is 6.86. The van der Waals surface area contributed by atoms with Gasteiger partial charge in [-0.25, -0.2) is 0 Å². The molecule has 0 amide bonds. The highest BCUT2D eigenvalue weighted by molar-refractivity contribution is 5.25. The van der Waals surface area contributed by atoms with Crippen LogP contribution in [-0.2, 0) is 0 Å². The Bertz CT molecular complexity index is 327. The first-order chi connectivity index (χ1) is 7.79. The molecular formula is C16H24. The monoisotopic (exact) mass is 216 g/mol. The first-order valence-corrected chi connectivity index (χ1v) is 6.86. The molecule has 1 saturated carbocycles. The second-order valence-corrected chi connectivity index (χ2v) is 5.39. The average molecular weight is 216 g/mol. The van der Waals surface area contributed by atoms with E-state index in [2.05, 4.69) is 38.1 Å². The van der Waals surface area contributed by atoms with E-state index in [-0.39, 0.29) is 0 Å². The summed E-state index contributed by atoms with van der Waals surface area (Å²) in [6.45, 7) is 4.55. The lowest BCUT2D eigenvalue weighted by molar-refractivity contribution is 0.443. The molecule has 16 heavy (non-hydrogen) atoms.